The first kappa shape index (κ1) is 13.7. The maximum Gasteiger partial charge on any atom is 0.337 e. The van der Waals surface area contributed by atoms with Gasteiger partial charge >= 0.3 is 5.97 Å². The average molecular weight is 276 g/mol. The number of halogens is 1. The molecule has 0 saturated carbocycles. The Morgan fingerprint density at radius 1 is 1.35 bits per heavy atom. The molecule has 104 valence electrons. The molecule has 0 radical (unpaired) electrons. The van der Waals surface area contributed by atoms with Gasteiger partial charge in [0.2, 0.25) is 0 Å². The quantitative estimate of drug-likeness (QED) is 0.748. The Morgan fingerprint density at radius 3 is 2.75 bits per heavy atom. The van der Waals surface area contributed by atoms with Gasteiger partial charge in [0.15, 0.2) is 0 Å². The molecule has 0 aromatic heterocycles. The number of methoxy groups -OCH3 is 1. The van der Waals surface area contributed by atoms with Crippen LogP contribution in [0.4, 0.5) is 21.5 Å². The topological polar surface area (TPSA) is 84.6 Å². The van der Waals surface area contributed by atoms with Gasteiger partial charge in [-0.15, -0.1) is 0 Å². The van der Waals surface area contributed by atoms with Crippen molar-refractivity contribution in [1.82, 2.24) is 0 Å². The lowest BCUT2D eigenvalue weighted by Gasteiger charge is -2.14. The van der Waals surface area contributed by atoms with E-state index < -0.39 is 11.8 Å². The smallest absolute Gasteiger partial charge is 0.337 e. The van der Waals surface area contributed by atoms with Gasteiger partial charge in [0.25, 0.3) is 0 Å². The number of nitrogens with two attached hydrogens (primary N) is 1. The van der Waals surface area contributed by atoms with Crippen LogP contribution in [0.2, 0.25) is 0 Å². The van der Waals surface area contributed by atoms with E-state index in [0.29, 0.717) is 5.69 Å². The summed E-state index contributed by atoms with van der Waals surface area (Å²) in [6.45, 7) is 0. The van der Waals surface area contributed by atoms with E-state index in [1.165, 1.54) is 31.4 Å². The fourth-order valence-electron chi connectivity index (χ4n) is 1.79. The Hall–Kier alpha value is -2.76. The Kier molecular flexibility index (Phi) is 3.74. The molecule has 0 atom stereocenters. The molecule has 0 saturated heterocycles. The largest absolute Gasteiger partial charge is 0.494 e. The summed E-state index contributed by atoms with van der Waals surface area (Å²) < 4.78 is 18.2. The molecule has 0 aliphatic carbocycles. The third-order valence-electron chi connectivity index (χ3n) is 2.75. The lowest BCUT2D eigenvalue weighted by atomic mass is 10.1. The van der Waals surface area contributed by atoms with E-state index in [-0.39, 0.29) is 22.7 Å². The number of nitrogen functional groups attached to an aromatic ring is 1. The third-order valence-corrected chi connectivity index (χ3v) is 2.75. The van der Waals surface area contributed by atoms with E-state index in [4.69, 9.17) is 15.6 Å². The van der Waals surface area contributed by atoms with Gasteiger partial charge in [-0.3, -0.25) is 0 Å². The van der Waals surface area contributed by atoms with E-state index in [0.717, 1.165) is 0 Å². The van der Waals surface area contributed by atoms with Gasteiger partial charge in [-0.25, -0.2) is 9.18 Å². The van der Waals surface area contributed by atoms with E-state index in [2.05, 4.69) is 5.32 Å². The van der Waals surface area contributed by atoms with E-state index in [9.17, 15) is 9.18 Å². The van der Waals surface area contributed by atoms with E-state index in [1.54, 1.807) is 12.1 Å². The summed E-state index contributed by atoms with van der Waals surface area (Å²) in [5.74, 6) is -1.31. The lowest BCUT2D eigenvalue weighted by molar-refractivity contribution is 0.0698. The van der Waals surface area contributed by atoms with Crippen LogP contribution < -0.4 is 15.8 Å². The molecule has 5 nitrogen and oxygen atoms in total. The summed E-state index contributed by atoms with van der Waals surface area (Å²) in [6.07, 6.45) is 0. The number of aromatic carboxylic acids is 1. The second-order valence-electron chi connectivity index (χ2n) is 4.04. The van der Waals surface area contributed by atoms with Gasteiger partial charge in [-0.1, -0.05) is 6.07 Å². The minimum absolute atomic E-state index is 0.0244. The molecule has 0 bridgehead atoms. The summed E-state index contributed by atoms with van der Waals surface area (Å²) in [7, 11) is 1.40. The van der Waals surface area contributed by atoms with Crippen molar-refractivity contribution in [2.24, 2.45) is 0 Å². The second kappa shape index (κ2) is 5.48. The number of hydrogen-bond donors (Lipinski definition) is 3. The highest BCUT2D eigenvalue weighted by Crippen LogP contribution is 2.32. The molecule has 4 N–H and O–H groups in total. The minimum atomic E-state index is -1.11. The van der Waals surface area contributed by atoms with Crippen LogP contribution in [-0.2, 0) is 0 Å². The number of carboxylic acid groups (broad SMARTS) is 1. The Balaban J connectivity index is 2.47. The van der Waals surface area contributed by atoms with Crippen molar-refractivity contribution < 1.29 is 19.0 Å². The molecule has 0 aliphatic heterocycles. The molecule has 6 heteroatoms. The Morgan fingerprint density at radius 2 is 2.10 bits per heavy atom. The van der Waals surface area contributed by atoms with Crippen molar-refractivity contribution in [3.63, 3.8) is 0 Å². The number of nitrogens with one attached hydrogen (secondary N) is 1. The van der Waals surface area contributed by atoms with Gasteiger partial charge in [-0.2, -0.15) is 0 Å². The Labute approximate surface area is 114 Å². The van der Waals surface area contributed by atoms with Gasteiger partial charge < -0.3 is 20.9 Å². The van der Waals surface area contributed by atoms with E-state index in [1.807, 2.05) is 0 Å². The summed E-state index contributed by atoms with van der Waals surface area (Å²) in [6, 6.07) is 8.44. The van der Waals surface area contributed by atoms with Crippen LogP contribution >= 0.6 is 0 Å². The maximum atomic E-state index is 13.1. The van der Waals surface area contributed by atoms with Crippen molar-refractivity contribution in [2.45, 2.75) is 0 Å². The number of benzene rings is 2. The highest BCUT2D eigenvalue weighted by atomic mass is 19.1. The molecule has 2 aromatic carbocycles. The maximum absolute atomic E-state index is 13.1. The van der Waals surface area contributed by atoms with Crippen molar-refractivity contribution in [3.8, 4) is 5.75 Å². The second-order valence-corrected chi connectivity index (χ2v) is 4.04. The molecule has 2 aromatic rings. The first-order valence-electron chi connectivity index (χ1n) is 5.75. The molecule has 0 amide bonds. The minimum Gasteiger partial charge on any atom is -0.494 e. The summed E-state index contributed by atoms with van der Waals surface area (Å²) >= 11 is 0. The molecule has 20 heavy (non-hydrogen) atoms. The normalized spacial score (nSPS) is 10.1. The molecule has 0 fully saturated rings. The Bertz CT molecular complexity index is 659. The van der Waals surface area contributed by atoms with Crippen molar-refractivity contribution in [1.29, 1.82) is 0 Å². The van der Waals surface area contributed by atoms with Crippen LogP contribution in [0.1, 0.15) is 10.4 Å². The molecule has 2 rings (SSSR count). The predicted octanol–water partition coefficient (Wildman–Crippen LogP) is 2.86. The number of carbonyl (C=O) groups is 1. The number of anilines is 3. The zero-order chi connectivity index (χ0) is 14.7. The fraction of sp³-hybridized carbons (Fsp3) is 0.0714. The number of hydrogen-bond acceptors (Lipinski definition) is 4. The molecular formula is C14H13FN2O3. The lowest BCUT2D eigenvalue weighted by Crippen LogP contribution is -2.06. The SMILES string of the molecule is COc1cc(F)ccc1Nc1c(N)cccc1C(=O)O. The van der Waals surface area contributed by atoms with E-state index >= 15 is 0 Å². The summed E-state index contributed by atoms with van der Waals surface area (Å²) in [4.78, 5) is 11.2. The standard InChI is InChI=1S/C14H13FN2O3/c1-20-12-7-8(15)5-6-11(12)17-13-9(14(18)19)3-2-4-10(13)16/h2-7,17H,16H2,1H3,(H,18,19). The van der Waals surface area contributed by atoms with Crippen LogP contribution in [0, 0.1) is 5.82 Å². The van der Waals surface area contributed by atoms with Crippen LogP contribution in [0.5, 0.6) is 5.75 Å². The highest BCUT2D eigenvalue weighted by molar-refractivity contribution is 5.99. The third kappa shape index (κ3) is 2.64. The summed E-state index contributed by atoms with van der Waals surface area (Å²) in [5.41, 5.74) is 6.75. The first-order chi connectivity index (χ1) is 9.52. The van der Waals surface area contributed by atoms with Crippen LogP contribution in [0.25, 0.3) is 0 Å². The average Bonchev–Trinajstić information content (AvgIpc) is 2.42. The number of para-hydroxylation sites is 1. The van der Waals surface area contributed by atoms with Crippen LogP contribution in [0.15, 0.2) is 36.4 Å². The predicted molar refractivity (Wildman–Crippen MR) is 74.0 cm³/mol. The zero-order valence-corrected chi connectivity index (χ0v) is 10.7. The molecular weight excluding hydrogens is 263 g/mol. The van der Waals surface area contributed by atoms with Gasteiger partial charge in [0.05, 0.1) is 29.7 Å². The fourth-order valence-corrected chi connectivity index (χ4v) is 1.79. The number of rotatable bonds is 4. The summed E-state index contributed by atoms with van der Waals surface area (Å²) in [5, 5.41) is 12.0. The van der Waals surface area contributed by atoms with Gasteiger partial charge in [0.1, 0.15) is 11.6 Å². The van der Waals surface area contributed by atoms with Gasteiger partial charge in [0, 0.05) is 6.07 Å². The number of carboxylic acids is 1. The molecule has 0 unspecified atom stereocenters. The zero-order valence-electron chi connectivity index (χ0n) is 10.7. The molecule has 0 heterocycles. The molecule has 0 spiro atoms. The van der Waals surface area contributed by atoms with Crippen LogP contribution in [0.3, 0.4) is 0 Å². The first-order valence-corrected chi connectivity index (χ1v) is 5.75. The highest BCUT2D eigenvalue weighted by Gasteiger charge is 2.14. The monoisotopic (exact) mass is 276 g/mol. The molecule has 0 aliphatic rings. The van der Waals surface area contributed by atoms with Crippen molar-refractivity contribution in [2.75, 3.05) is 18.2 Å². The van der Waals surface area contributed by atoms with Crippen LogP contribution in [-0.4, -0.2) is 18.2 Å². The van der Waals surface area contributed by atoms with Crippen molar-refractivity contribution >= 4 is 23.0 Å². The van der Waals surface area contributed by atoms with Gasteiger partial charge in [-0.05, 0) is 24.3 Å². The number of ether oxygens (including phenoxy) is 1. The van der Waals surface area contributed by atoms with Crippen molar-refractivity contribution in [3.05, 3.63) is 47.8 Å².